The Morgan fingerprint density at radius 1 is 1.60 bits per heavy atom. The van der Waals surface area contributed by atoms with E-state index in [0.29, 0.717) is 10.3 Å². The van der Waals surface area contributed by atoms with E-state index in [4.69, 9.17) is 5.26 Å². The molecule has 4 heteroatoms. The highest BCUT2D eigenvalue weighted by molar-refractivity contribution is 5.24. The van der Waals surface area contributed by atoms with E-state index >= 15 is 0 Å². The maximum absolute atomic E-state index is 9.02. The molecule has 15 heavy (non-hydrogen) atoms. The van der Waals surface area contributed by atoms with Crippen molar-refractivity contribution in [2.75, 3.05) is 20.3 Å². The Balaban J connectivity index is 2.45. The summed E-state index contributed by atoms with van der Waals surface area (Å²) in [5.41, 5.74) is 0.705. The number of aromatic nitrogens is 1. The molecule has 0 radical (unpaired) electrons. The summed E-state index contributed by atoms with van der Waals surface area (Å²) in [5, 5.41) is 9.02. The van der Waals surface area contributed by atoms with Gasteiger partial charge in [0, 0.05) is 7.05 Å². The lowest BCUT2D eigenvalue weighted by Gasteiger charge is -2.31. The molecule has 2 heterocycles. The highest BCUT2D eigenvalue weighted by Gasteiger charge is 2.32. The van der Waals surface area contributed by atoms with E-state index in [-0.39, 0.29) is 0 Å². The molecule has 78 valence electrons. The monoisotopic (exact) mass is 203 g/mol. The Labute approximate surface area is 89.8 Å². The molecule has 4 nitrogen and oxygen atoms in total. The minimum atomic E-state index is 0.673. The normalized spacial score (nSPS) is 24.5. The summed E-state index contributed by atoms with van der Waals surface area (Å²) in [4.78, 5) is 2.13. The van der Waals surface area contributed by atoms with E-state index in [1.54, 1.807) is 0 Å². The molecular weight excluding hydrogens is 188 g/mol. The van der Waals surface area contributed by atoms with Crippen LogP contribution in [0.4, 0.5) is 0 Å². The number of nitrogens with zero attached hydrogens (tertiary/aromatic N) is 4. The van der Waals surface area contributed by atoms with Crippen LogP contribution < -0.4 is 4.59 Å². The molecule has 1 unspecified atom stereocenters. The third-order valence-electron chi connectivity index (χ3n) is 2.89. The Kier molecular flexibility index (Phi) is 2.25. The van der Waals surface area contributed by atoms with Crippen molar-refractivity contribution < 1.29 is 0 Å². The molecular formula is C11H15N4+. The van der Waals surface area contributed by atoms with Crippen molar-refractivity contribution in [2.24, 2.45) is 0 Å². The molecule has 0 aromatic carbocycles. The highest BCUT2D eigenvalue weighted by atomic mass is 15.7. The first-order chi connectivity index (χ1) is 7.22. The van der Waals surface area contributed by atoms with Crippen molar-refractivity contribution in [3.05, 3.63) is 36.4 Å². The molecule has 0 spiro atoms. The van der Waals surface area contributed by atoms with Crippen molar-refractivity contribution in [3.8, 4) is 6.07 Å². The summed E-state index contributed by atoms with van der Waals surface area (Å²) in [6.07, 6.45) is 6.15. The predicted octanol–water partition coefficient (Wildman–Crippen LogP) is 1.19. The van der Waals surface area contributed by atoms with Gasteiger partial charge in [0.25, 0.3) is 0 Å². The van der Waals surface area contributed by atoms with Crippen LogP contribution in [0.5, 0.6) is 0 Å². The zero-order valence-corrected chi connectivity index (χ0v) is 9.09. The summed E-state index contributed by atoms with van der Waals surface area (Å²) in [6.45, 7) is 3.94. The second kappa shape index (κ2) is 3.44. The molecule has 2 rings (SSSR count). The summed E-state index contributed by atoms with van der Waals surface area (Å²) in [7, 11) is 2.04. The quantitative estimate of drug-likeness (QED) is 0.676. The lowest BCUT2D eigenvalue weighted by Crippen LogP contribution is -2.54. The van der Waals surface area contributed by atoms with Gasteiger partial charge in [-0.15, -0.1) is 0 Å². The molecule has 0 amide bonds. The van der Waals surface area contributed by atoms with Crippen LogP contribution in [0.3, 0.4) is 0 Å². The van der Waals surface area contributed by atoms with Gasteiger partial charge in [0.05, 0.1) is 12.4 Å². The van der Waals surface area contributed by atoms with Crippen LogP contribution in [0.15, 0.2) is 30.7 Å². The van der Waals surface area contributed by atoms with Gasteiger partial charge < -0.3 is 4.90 Å². The maximum atomic E-state index is 9.02. The summed E-state index contributed by atoms with van der Waals surface area (Å²) in [6, 6.07) is 5.99. The number of rotatable bonds is 2. The van der Waals surface area contributed by atoms with Crippen LogP contribution in [-0.2, 0) is 0 Å². The van der Waals surface area contributed by atoms with Gasteiger partial charge >= 0.3 is 0 Å². The van der Waals surface area contributed by atoms with Crippen LogP contribution in [0.2, 0.25) is 0 Å². The van der Waals surface area contributed by atoms with E-state index in [1.165, 1.54) is 0 Å². The maximum Gasteiger partial charge on any atom is 0.181 e. The lowest BCUT2D eigenvalue weighted by atomic mass is 10.5. The topological polar surface area (TPSA) is 32.0 Å². The van der Waals surface area contributed by atoms with Gasteiger partial charge in [-0.25, -0.2) is 0 Å². The average molecular weight is 203 g/mol. The van der Waals surface area contributed by atoms with Gasteiger partial charge in [0.1, 0.15) is 18.8 Å². The van der Waals surface area contributed by atoms with Gasteiger partial charge in [-0.3, -0.25) is 0 Å². The first-order valence-corrected chi connectivity index (χ1v) is 5.06. The number of quaternary nitrogens is 1. The zero-order valence-electron chi connectivity index (χ0n) is 9.09. The molecule has 0 aliphatic carbocycles. The molecule has 1 atom stereocenters. The largest absolute Gasteiger partial charge is 0.327 e. The van der Waals surface area contributed by atoms with Crippen LogP contribution in [0.25, 0.3) is 0 Å². The van der Waals surface area contributed by atoms with Crippen molar-refractivity contribution in [1.82, 2.24) is 14.2 Å². The van der Waals surface area contributed by atoms with Gasteiger partial charge in [0.15, 0.2) is 12.4 Å². The summed E-state index contributed by atoms with van der Waals surface area (Å²) >= 11 is 0. The van der Waals surface area contributed by atoms with Crippen LogP contribution in [0, 0.1) is 11.3 Å². The lowest BCUT2D eigenvalue weighted by molar-refractivity contribution is 0.167. The van der Waals surface area contributed by atoms with Gasteiger partial charge in [-0.2, -0.15) is 14.5 Å². The smallest absolute Gasteiger partial charge is 0.181 e. The van der Waals surface area contributed by atoms with E-state index in [1.807, 2.05) is 30.1 Å². The van der Waals surface area contributed by atoms with E-state index in [9.17, 15) is 0 Å². The molecule has 0 saturated carbocycles. The molecule has 1 aliphatic rings. The van der Waals surface area contributed by atoms with E-state index in [0.717, 1.165) is 13.2 Å². The minimum absolute atomic E-state index is 0.673. The van der Waals surface area contributed by atoms with Gasteiger partial charge in [0.2, 0.25) is 0 Å². The fourth-order valence-corrected chi connectivity index (χ4v) is 2.02. The second-order valence-corrected chi connectivity index (χ2v) is 3.85. The molecule has 1 aliphatic heterocycles. The Morgan fingerprint density at radius 2 is 2.40 bits per heavy atom. The number of hydrogen-bond donors (Lipinski definition) is 0. The minimum Gasteiger partial charge on any atom is -0.327 e. The number of hydrogen-bond acceptors (Lipinski definition) is 2. The molecule has 0 N–H and O–H groups in total. The second-order valence-electron chi connectivity index (χ2n) is 3.85. The predicted molar refractivity (Wildman–Crippen MR) is 59.0 cm³/mol. The highest BCUT2D eigenvalue weighted by Crippen LogP contribution is 2.17. The first kappa shape index (κ1) is 9.81. The van der Waals surface area contributed by atoms with E-state index < -0.39 is 0 Å². The third-order valence-corrected chi connectivity index (χ3v) is 2.89. The molecule has 0 fully saturated rings. The van der Waals surface area contributed by atoms with Gasteiger partial charge in [-0.05, 0) is 19.1 Å². The Bertz CT molecular complexity index is 426. The molecule has 0 bridgehead atoms. The van der Waals surface area contributed by atoms with Crippen molar-refractivity contribution in [3.63, 3.8) is 0 Å². The fourth-order valence-electron chi connectivity index (χ4n) is 2.02. The zero-order chi connectivity index (χ0) is 10.9. The molecule has 0 saturated heterocycles. The Hall–Kier alpha value is -1.73. The fraction of sp³-hybridized carbons (Fsp3) is 0.364. The Morgan fingerprint density at radius 3 is 2.93 bits per heavy atom. The van der Waals surface area contributed by atoms with E-state index in [2.05, 4.69) is 30.3 Å². The SMILES string of the molecule is CC[N+]1(n2cccc2C#N)C=CN(C)C1. The third kappa shape index (κ3) is 1.41. The number of nitriles is 1. The molecule has 1 aromatic rings. The van der Waals surface area contributed by atoms with Gasteiger partial charge in [-0.1, -0.05) is 0 Å². The standard InChI is InChI=1S/C11H15N4/c1-3-15(8-7-13(2)10-15)14-6-4-5-11(14)9-12/h4-8H,3,10H2,1-2H3/q+1. The molecule has 1 aromatic heterocycles. The van der Waals surface area contributed by atoms with Crippen molar-refractivity contribution in [2.45, 2.75) is 6.92 Å². The summed E-state index contributed by atoms with van der Waals surface area (Å²) in [5.74, 6) is 0. The van der Waals surface area contributed by atoms with Crippen molar-refractivity contribution in [1.29, 1.82) is 5.26 Å². The van der Waals surface area contributed by atoms with Crippen LogP contribution in [0.1, 0.15) is 12.6 Å². The average Bonchev–Trinajstić information content (AvgIpc) is 2.84. The van der Waals surface area contributed by atoms with Crippen LogP contribution >= 0.6 is 0 Å². The van der Waals surface area contributed by atoms with Crippen LogP contribution in [-0.4, -0.2) is 29.8 Å². The summed E-state index contributed by atoms with van der Waals surface area (Å²) < 4.78 is 2.69. The van der Waals surface area contributed by atoms with Crippen molar-refractivity contribution >= 4 is 0 Å². The first-order valence-electron chi connectivity index (χ1n) is 5.06.